The molecule has 0 aliphatic carbocycles. The van der Waals surface area contributed by atoms with E-state index in [0.717, 1.165) is 61.3 Å². The molecule has 3 aromatic heterocycles. The molecule has 1 aliphatic rings. The standard InChI is InChI=1S/C27H30N6OS/c1-20(22-10-5-12-28-19-22)29-27-30-23-11-18-35-25(23)24(31-27)26(34)33-16-14-32(15-17-33)13-6-9-21-7-3-2-4-8-21/h2-5,7-8,10-12,18-20H,6,9,13-17H2,1H3,(H,29,30,31)/t20-/m0/s1. The van der Waals surface area contributed by atoms with Gasteiger partial charge in [0.25, 0.3) is 5.91 Å². The highest BCUT2D eigenvalue weighted by Gasteiger charge is 2.26. The third-order valence-electron chi connectivity index (χ3n) is 6.48. The fourth-order valence-electron chi connectivity index (χ4n) is 4.46. The minimum Gasteiger partial charge on any atom is -0.348 e. The Kier molecular flexibility index (Phi) is 7.30. The van der Waals surface area contributed by atoms with E-state index in [9.17, 15) is 4.79 Å². The first-order valence-corrected chi connectivity index (χ1v) is 13.0. The van der Waals surface area contributed by atoms with Crippen LogP contribution in [0.2, 0.25) is 0 Å². The molecular formula is C27H30N6OS. The molecule has 1 N–H and O–H groups in total. The number of anilines is 1. The molecule has 7 nitrogen and oxygen atoms in total. The molecule has 1 saturated heterocycles. The summed E-state index contributed by atoms with van der Waals surface area (Å²) < 4.78 is 0.847. The molecule has 1 atom stereocenters. The van der Waals surface area contributed by atoms with Crippen LogP contribution in [-0.2, 0) is 6.42 Å². The molecule has 8 heteroatoms. The zero-order valence-electron chi connectivity index (χ0n) is 19.9. The Morgan fingerprint density at radius 1 is 1.06 bits per heavy atom. The molecule has 1 amide bonds. The number of benzene rings is 1. The van der Waals surface area contributed by atoms with Crippen molar-refractivity contribution in [1.29, 1.82) is 0 Å². The van der Waals surface area contributed by atoms with Crippen LogP contribution in [0.15, 0.2) is 66.3 Å². The monoisotopic (exact) mass is 486 g/mol. The van der Waals surface area contributed by atoms with Crippen LogP contribution in [0.5, 0.6) is 0 Å². The number of piperazine rings is 1. The van der Waals surface area contributed by atoms with Crippen molar-refractivity contribution in [3.63, 3.8) is 0 Å². The number of amides is 1. The first-order chi connectivity index (χ1) is 17.2. The van der Waals surface area contributed by atoms with Gasteiger partial charge in [0.05, 0.1) is 16.3 Å². The van der Waals surface area contributed by atoms with Gasteiger partial charge in [0.1, 0.15) is 0 Å². The van der Waals surface area contributed by atoms with E-state index < -0.39 is 0 Å². The number of fused-ring (bicyclic) bond motifs is 1. The fraction of sp³-hybridized carbons (Fsp3) is 0.333. The minimum atomic E-state index is -0.0258. The van der Waals surface area contributed by atoms with Gasteiger partial charge >= 0.3 is 0 Å². The molecule has 1 aliphatic heterocycles. The molecule has 5 rings (SSSR count). The van der Waals surface area contributed by atoms with E-state index in [-0.39, 0.29) is 11.9 Å². The van der Waals surface area contributed by atoms with Crippen molar-refractivity contribution < 1.29 is 4.79 Å². The third-order valence-corrected chi connectivity index (χ3v) is 7.39. The quantitative estimate of drug-likeness (QED) is 0.391. The molecule has 1 aromatic carbocycles. The molecule has 0 saturated carbocycles. The normalized spacial score (nSPS) is 15.3. The highest BCUT2D eigenvalue weighted by molar-refractivity contribution is 7.17. The number of hydrogen-bond acceptors (Lipinski definition) is 7. The van der Waals surface area contributed by atoms with Gasteiger partial charge in [-0.2, -0.15) is 0 Å². The van der Waals surface area contributed by atoms with Gasteiger partial charge in [-0.15, -0.1) is 11.3 Å². The van der Waals surface area contributed by atoms with E-state index >= 15 is 0 Å². The number of thiophene rings is 1. The maximum Gasteiger partial charge on any atom is 0.274 e. The summed E-state index contributed by atoms with van der Waals surface area (Å²) in [6.45, 7) is 6.31. The van der Waals surface area contributed by atoms with Gasteiger partial charge < -0.3 is 10.2 Å². The summed E-state index contributed by atoms with van der Waals surface area (Å²) in [5.74, 6) is 0.455. The van der Waals surface area contributed by atoms with E-state index in [4.69, 9.17) is 0 Å². The van der Waals surface area contributed by atoms with Gasteiger partial charge in [0.15, 0.2) is 5.69 Å². The van der Waals surface area contributed by atoms with E-state index in [1.54, 1.807) is 6.20 Å². The van der Waals surface area contributed by atoms with Crippen LogP contribution < -0.4 is 5.32 Å². The number of pyridine rings is 1. The largest absolute Gasteiger partial charge is 0.348 e. The Hall–Kier alpha value is -3.36. The van der Waals surface area contributed by atoms with Crippen LogP contribution in [0.1, 0.15) is 41.0 Å². The van der Waals surface area contributed by atoms with Crippen molar-refractivity contribution in [2.45, 2.75) is 25.8 Å². The summed E-state index contributed by atoms with van der Waals surface area (Å²) in [6, 6.07) is 16.5. The second-order valence-electron chi connectivity index (χ2n) is 8.91. The van der Waals surface area contributed by atoms with Crippen molar-refractivity contribution in [3.8, 4) is 0 Å². The number of aromatic nitrogens is 3. The topological polar surface area (TPSA) is 74.2 Å². The van der Waals surface area contributed by atoms with Gasteiger partial charge in [-0.1, -0.05) is 36.4 Å². The van der Waals surface area contributed by atoms with Crippen molar-refractivity contribution in [2.24, 2.45) is 0 Å². The van der Waals surface area contributed by atoms with E-state index in [2.05, 4.69) is 55.5 Å². The van der Waals surface area contributed by atoms with Gasteiger partial charge in [-0.25, -0.2) is 9.97 Å². The number of aryl methyl sites for hydroxylation is 1. The Balaban J connectivity index is 1.22. The van der Waals surface area contributed by atoms with Crippen molar-refractivity contribution >= 4 is 33.4 Å². The third kappa shape index (κ3) is 5.66. The lowest BCUT2D eigenvalue weighted by Gasteiger charge is -2.34. The molecule has 4 aromatic rings. The Morgan fingerprint density at radius 3 is 2.66 bits per heavy atom. The molecular weight excluding hydrogens is 456 g/mol. The maximum atomic E-state index is 13.5. The van der Waals surface area contributed by atoms with Gasteiger partial charge in [-0.05, 0) is 54.9 Å². The second-order valence-corrected chi connectivity index (χ2v) is 9.82. The number of nitrogens with zero attached hydrogens (tertiary/aromatic N) is 5. The lowest BCUT2D eigenvalue weighted by atomic mass is 10.1. The zero-order chi connectivity index (χ0) is 24.0. The minimum absolute atomic E-state index is 0.0131. The SMILES string of the molecule is C[C@H](Nc1nc(C(=O)N2CCN(CCCc3ccccc3)CC2)c2sccc2n1)c1cccnc1. The fourth-order valence-corrected chi connectivity index (χ4v) is 5.27. The summed E-state index contributed by atoms with van der Waals surface area (Å²) in [4.78, 5) is 31.4. The molecule has 0 radical (unpaired) electrons. The summed E-state index contributed by atoms with van der Waals surface area (Å²) in [7, 11) is 0. The van der Waals surface area contributed by atoms with E-state index in [1.165, 1.54) is 16.9 Å². The molecule has 0 unspecified atom stereocenters. The zero-order valence-corrected chi connectivity index (χ0v) is 20.7. The van der Waals surface area contributed by atoms with Crippen LogP contribution in [0.25, 0.3) is 10.2 Å². The molecule has 4 heterocycles. The number of carbonyl (C=O) groups excluding carboxylic acids is 1. The summed E-state index contributed by atoms with van der Waals surface area (Å²) >= 11 is 1.52. The smallest absolute Gasteiger partial charge is 0.274 e. The molecule has 0 spiro atoms. The van der Waals surface area contributed by atoms with Crippen LogP contribution in [-0.4, -0.2) is 63.4 Å². The van der Waals surface area contributed by atoms with Crippen LogP contribution in [0.4, 0.5) is 5.95 Å². The van der Waals surface area contributed by atoms with Crippen molar-refractivity contribution in [1.82, 2.24) is 24.8 Å². The van der Waals surface area contributed by atoms with Gasteiger partial charge in [-0.3, -0.25) is 14.7 Å². The summed E-state index contributed by atoms with van der Waals surface area (Å²) in [6.07, 6.45) is 5.80. The average Bonchev–Trinajstić information content (AvgIpc) is 3.38. The van der Waals surface area contributed by atoms with Crippen LogP contribution in [0, 0.1) is 0 Å². The average molecular weight is 487 g/mol. The molecule has 0 bridgehead atoms. The van der Waals surface area contributed by atoms with Gasteiger partial charge in [0, 0.05) is 38.6 Å². The maximum absolute atomic E-state index is 13.5. The van der Waals surface area contributed by atoms with E-state index in [1.807, 2.05) is 41.6 Å². The number of hydrogen-bond donors (Lipinski definition) is 1. The number of nitrogens with one attached hydrogen (secondary N) is 1. The van der Waals surface area contributed by atoms with Gasteiger partial charge in [0.2, 0.25) is 5.95 Å². The first-order valence-electron chi connectivity index (χ1n) is 12.1. The highest BCUT2D eigenvalue weighted by atomic mass is 32.1. The lowest BCUT2D eigenvalue weighted by Crippen LogP contribution is -2.49. The van der Waals surface area contributed by atoms with Crippen LogP contribution in [0.3, 0.4) is 0 Å². The molecule has 1 fully saturated rings. The predicted molar refractivity (Wildman–Crippen MR) is 141 cm³/mol. The lowest BCUT2D eigenvalue weighted by molar-refractivity contribution is 0.0632. The highest BCUT2D eigenvalue weighted by Crippen LogP contribution is 2.26. The second kappa shape index (κ2) is 10.9. The Bertz CT molecular complexity index is 1250. The van der Waals surface area contributed by atoms with Crippen LogP contribution >= 0.6 is 11.3 Å². The van der Waals surface area contributed by atoms with Crippen molar-refractivity contribution in [3.05, 3.63) is 83.1 Å². The molecule has 35 heavy (non-hydrogen) atoms. The molecule has 180 valence electrons. The van der Waals surface area contributed by atoms with E-state index in [0.29, 0.717) is 11.6 Å². The Labute approximate surface area is 209 Å². The van der Waals surface area contributed by atoms with Crippen molar-refractivity contribution in [2.75, 3.05) is 38.0 Å². The number of carbonyl (C=O) groups is 1. The Morgan fingerprint density at radius 2 is 1.89 bits per heavy atom. The number of rotatable bonds is 8. The predicted octanol–water partition coefficient (Wildman–Crippen LogP) is 4.65. The summed E-state index contributed by atoms with van der Waals surface area (Å²) in [5, 5.41) is 5.31. The first kappa shape index (κ1) is 23.4. The summed E-state index contributed by atoms with van der Waals surface area (Å²) in [5.41, 5.74) is 3.71.